The number of carboxylic acids is 1. The Kier molecular flexibility index (Phi) is 4.83. The van der Waals surface area contributed by atoms with Crippen molar-refractivity contribution in [3.63, 3.8) is 0 Å². The minimum Gasteiger partial charge on any atom is -0.478 e. The molecular weight excluding hydrogens is 360 g/mol. The molecule has 0 atom stereocenters. The molecule has 4 amide bonds. The van der Waals surface area contributed by atoms with E-state index in [1.54, 1.807) is 13.8 Å². The lowest BCUT2D eigenvalue weighted by atomic mass is 10.0. The van der Waals surface area contributed by atoms with Gasteiger partial charge in [0.25, 0.3) is 11.8 Å². The first-order valence-electron chi connectivity index (χ1n) is 8.51. The number of urea groups is 1. The Balaban J connectivity index is 2.04. The molecule has 0 saturated carbocycles. The van der Waals surface area contributed by atoms with Gasteiger partial charge in [-0.1, -0.05) is 29.8 Å². The fraction of sp³-hybridized carbons (Fsp3) is 0.143. The van der Waals surface area contributed by atoms with Crippen molar-refractivity contribution in [2.75, 3.05) is 4.90 Å². The second kappa shape index (κ2) is 7.11. The van der Waals surface area contributed by atoms with E-state index >= 15 is 0 Å². The van der Waals surface area contributed by atoms with Gasteiger partial charge in [0, 0.05) is 0 Å². The molecule has 142 valence electrons. The van der Waals surface area contributed by atoms with Crippen LogP contribution in [0.5, 0.6) is 0 Å². The number of anilines is 1. The molecular formula is C21H18N2O5. The predicted molar refractivity (Wildman–Crippen MR) is 103 cm³/mol. The van der Waals surface area contributed by atoms with Crippen molar-refractivity contribution in [1.29, 1.82) is 0 Å². The molecule has 7 heteroatoms. The fourth-order valence-corrected chi connectivity index (χ4v) is 3.27. The quantitative estimate of drug-likeness (QED) is 0.631. The number of imide groups is 2. The lowest BCUT2D eigenvalue weighted by Crippen LogP contribution is -2.54. The van der Waals surface area contributed by atoms with Crippen LogP contribution in [-0.4, -0.2) is 28.9 Å². The maximum atomic E-state index is 13.0. The van der Waals surface area contributed by atoms with Gasteiger partial charge in [0.2, 0.25) is 0 Å². The van der Waals surface area contributed by atoms with Crippen LogP contribution in [0.25, 0.3) is 6.08 Å². The Bertz CT molecular complexity index is 1030. The Morgan fingerprint density at radius 1 is 1.00 bits per heavy atom. The lowest BCUT2D eigenvalue weighted by Gasteiger charge is -2.29. The van der Waals surface area contributed by atoms with Crippen molar-refractivity contribution < 1.29 is 24.3 Å². The molecule has 0 aliphatic carbocycles. The molecule has 28 heavy (non-hydrogen) atoms. The van der Waals surface area contributed by atoms with E-state index in [2.05, 4.69) is 5.32 Å². The number of rotatable bonds is 3. The van der Waals surface area contributed by atoms with Crippen molar-refractivity contribution in [2.45, 2.75) is 20.8 Å². The zero-order valence-electron chi connectivity index (χ0n) is 15.6. The van der Waals surface area contributed by atoms with Crippen LogP contribution >= 0.6 is 0 Å². The average Bonchev–Trinajstić information content (AvgIpc) is 2.61. The van der Waals surface area contributed by atoms with Gasteiger partial charge in [-0.15, -0.1) is 0 Å². The molecule has 0 bridgehead atoms. The molecule has 1 aliphatic rings. The zero-order chi connectivity index (χ0) is 20.6. The van der Waals surface area contributed by atoms with E-state index < -0.39 is 23.8 Å². The van der Waals surface area contributed by atoms with Crippen molar-refractivity contribution >= 4 is 35.6 Å². The molecule has 1 fully saturated rings. The Hall–Kier alpha value is -3.74. The summed E-state index contributed by atoms with van der Waals surface area (Å²) in [6.07, 6.45) is 1.33. The molecule has 0 unspecified atom stereocenters. The third-order valence-electron chi connectivity index (χ3n) is 4.43. The Morgan fingerprint density at radius 2 is 1.57 bits per heavy atom. The second-order valence-electron chi connectivity index (χ2n) is 6.63. The highest BCUT2D eigenvalue weighted by Gasteiger charge is 2.38. The molecule has 3 rings (SSSR count). The number of aromatic carboxylic acids is 1. The third kappa shape index (κ3) is 3.42. The third-order valence-corrected chi connectivity index (χ3v) is 4.43. The van der Waals surface area contributed by atoms with Crippen LogP contribution in [0, 0.1) is 20.8 Å². The zero-order valence-corrected chi connectivity index (χ0v) is 15.6. The minimum absolute atomic E-state index is 0.0873. The van der Waals surface area contributed by atoms with E-state index in [1.807, 2.05) is 19.1 Å². The van der Waals surface area contributed by atoms with Crippen LogP contribution in [-0.2, 0) is 9.59 Å². The largest absolute Gasteiger partial charge is 0.478 e. The summed E-state index contributed by atoms with van der Waals surface area (Å²) in [4.78, 5) is 49.6. The van der Waals surface area contributed by atoms with Crippen LogP contribution in [0.15, 0.2) is 42.0 Å². The first-order chi connectivity index (χ1) is 13.2. The second-order valence-corrected chi connectivity index (χ2v) is 6.63. The number of hydrogen-bond donors (Lipinski definition) is 2. The fourth-order valence-electron chi connectivity index (χ4n) is 3.27. The number of hydrogen-bond acceptors (Lipinski definition) is 4. The molecule has 0 spiro atoms. The highest BCUT2D eigenvalue weighted by Crippen LogP contribution is 2.29. The number of benzene rings is 2. The van der Waals surface area contributed by atoms with E-state index in [9.17, 15) is 19.2 Å². The number of barbiturate groups is 1. The van der Waals surface area contributed by atoms with Gasteiger partial charge in [-0.2, -0.15) is 0 Å². The van der Waals surface area contributed by atoms with Gasteiger partial charge in [-0.05, 0) is 55.7 Å². The van der Waals surface area contributed by atoms with Crippen LogP contribution in [0.4, 0.5) is 10.5 Å². The summed E-state index contributed by atoms with van der Waals surface area (Å²) < 4.78 is 0. The molecule has 2 N–H and O–H groups in total. The van der Waals surface area contributed by atoms with Gasteiger partial charge in [0.1, 0.15) is 5.57 Å². The van der Waals surface area contributed by atoms with E-state index in [0.717, 1.165) is 21.6 Å². The van der Waals surface area contributed by atoms with Crippen LogP contribution in [0.3, 0.4) is 0 Å². The number of nitrogens with zero attached hydrogens (tertiary/aromatic N) is 1. The molecule has 7 nitrogen and oxygen atoms in total. The van der Waals surface area contributed by atoms with Crippen LogP contribution in [0.1, 0.15) is 32.6 Å². The number of aryl methyl sites for hydroxylation is 3. The lowest BCUT2D eigenvalue weighted by molar-refractivity contribution is -0.122. The maximum Gasteiger partial charge on any atom is 0.335 e. The summed E-state index contributed by atoms with van der Waals surface area (Å²) in [5, 5.41) is 11.2. The highest BCUT2D eigenvalue weighted by atomic mass is 16.4. The van der Waals surface area contributed by atoms with Crippen molar-refractivity contribution in [2.24, 2.45) is 0 Å². The number of carboxylic acid groups (broad SMARTS) is 1. The summed E-state index contributed by atoms with van der Waals surface area (Å²) >= 11 is 0. The Morgan fingerprint density at radius 3 is 2.11 bits per heavy atom. The Labute approximate surface area is 161 Å². The van der Waals surface area contributed by atoms with Gasteiger partial charge in [0.15, 0.2) is 0 Å². The molecule has 0 aromatic heterocycles. The number of carbonyl (C=O) groups is 4. The molecule has 1 saturated heterocycles. The van der Waals surface area contributed by atoms with E-state index in [0.29, 0.717) is 11.3 Å². The molecule has 2 aromatic carbocycles. The summed E-state index contributed by atoms with van der Waals surface area (Å²) in [6.45, 7) is 5.50. The van der Waals surface area contributed by atoms with E-state index in [4.69, 9.17) is 5.11 Å². The monoisotopic (exact) mass is 378 g/mol. The van der Waals surface area contributed by atoms with E-state index in [1.165, 1.54) is 30.3 Å². The average molecular weight is 378 g/mol. The molecule has 2 aromatic rings. The minimum atomic E-state index is -1.08. The van der Waals surface area contributed by atoms with E-state index in [-0.39, 0.29) is 11.1 Å². The highest BCUT2D eigenvalue weighted by molar-refractivity contribution is 6.39. The van der Waals surface area contributed by atoms with Crippen molar-refractivity contribution in [3.8, 4) is 0 Å². The summed E-state index contributed by atoms with van der Waals surface area (Å²) in [5.74, 6) is -2.60. The van der Waals surface area contributed by atoms with Crippen LogP contribution < -0.4 is 10.2 Å². The molecule has 0 radical (unpaired) electrons. The van der Waals surface area contributed by atoms with Gasteiger partial charge >= 0.3 is 12.0 Å². The smallest absolute Gasteiger partial charge is 0.335 e. The normalized spacial score (nSPS) is 15.8. The van der Waals surface area contributed by atoms with Crippen molar-refractivity contribution in [3.05, 3.63) is 69.8 Å². The summed E-state index contributed by atoms with van der Waals surface area (Å²) in [7, 11) is 0. The first-order valence-corrected chi connectivity index (χ1v) is 8.51. The summed E-state index contributed by atoms with van der Waals surface area (Å²) in [6, 6.07) is 8.62. The summed E-state index contributed by atoms with van der Waals surface area (Å²) in [5.41, 5.74) is 3.25. The molecule has 1 aliphatic heterocycles. The number of nitrogens with one attached hydrogen (secondary N) is 1. The van der Waals surface area contributed by atoms with Crippen molar-refractivity contribution in [1.82, 2.24) is 5.32 Å². The number of carbonyl (C=O) groups excluding carboxylic acids is 3. The first kappa shape index (κ1) is 19.0. The SMILES string of the molecule is Cc1cc(C)c(N2C(=O)NC(=O)/C(=C\c3ccc(C(=O)O)cc3)C2=O)c(C)c1. The number of amides is 4. The topological polar surface area (TPSA) is 104 Å². The van der Waals surface area contributed by atoms with Crippen LogP contribution in [0.2, 0.25) is 0 Å². The maximum absolute atomic E-state index is 13.0. The molecule has 1 heterocycles. The van der Waals surface area contributed by atoms with Gasteiger partial charge in [-0.25, -0.2) is 14.5 Å². The predicted octanol–water partition coefficient (Wildman–Crippen LogP) is 2.98. The van der Waals surface area contributed by atoms with Gasteiger partial charge < -0.3 is 5.11 Å². The van der Waals surface area contributed by atoms with Gasteiger partial charge in [-0.3, -0.25) is 14.9 Å². The van der Waals surface area contributed by atoms with Gasteiger partial charge in [0.05, 0.1) is 11.3 Å². The standard InChI is InChI=1S/C21H18N2O5/c1-11-8-12(2)17(13(3)9-11)23-19(25)16(18(24)22-21(23)28)10-14-4-6-15(7-5-14)20(26)27/h4-10H,1-3H3,(H,26,27)(H,22,24,28)/b16-10+.